The zero-order chi connectivity index (χ0) is 13.4. The lowest BCUT2D eigenvalue weighted by Crippen LogP contribution is -1.98. The van der Waals surface area contributed by atoms with Crippen LogP contribution in [0.15, 0.2) is 17.5 Å². The van der Waals surface area contributed by atoms with Gasteiger partial charge in [0, 0.05) is 4.88 Å². The van der Waals surface area contributed by atoms with Crippen LogP contribution in [0, 0.1) is 13.8 Å². The minimum atomic E-state index is -0.128. The van der Waals surface area contributed by atoms with Crippen LogP contribution >= 0.6 is 22.7 Å². The number of aliphatic hydroxyl groups is 1. The summed E-state index contributed by atoms with van der Waals surface area (Å²) in [7, 11) is 0. The predicted molar refractivity (Wildman–Crippen MR) is 75.7 cm³/mol. The van der Waals surface area contributed by atoms with Crippen LogP contribution in [0.4, 0.5) is 0 Å². The number of nitrogens with zero attached hydrogens (tertiary/aromatic N) is 4. The number of hydrogen-bond acceptors (Lipinski definition) is 6. The van der Waals surface area contributed by atoms with Crippen LogP contribution in [0.25, 0.3) is 15.7 Å². The van der Waals surface area contributed by atoms with Gasteiger partial charge in [-0.3, -0.25) is 0 Å². The molecule has 0 amide bonds. The first-order chi connectivity index (χ1) is 9.20. The highest BCUT2D eigenvalue weighted by atomic mass is 32.1. The van der Waals surface area contributed by atoms with Crippen molar-refractivity contribution in [1.82, 2.24) is 20.0 Å². The van der Waals surface area contributed by atoms with Gasteiger partial charge in [-0.05, 0) is 25.3 Å². The minimum absolute atomic E-state index is 0.128. The summed E-state index contributed by atoms with van der Waals surface area (Å²) >= 11 is 3.17. The maximum absolute atomic E-state index is 9.41. The third-order valence-corrected chi connectivity index (χ3v) is 4.77. The molecule has 3 aromatic rings. The first-order valence-corrected chi connectivity index (χ1v) is 7.44. The Bertz CT molecular complexity index is 680. The fourth-order valence-electron chi connectivity index (χ4n) is 1.76. The Morgan fingerprint density at radius 1 is 1.37 bits per heavy atom. The van der Waals surface area contributed by atoms with Gasteiger partial charge in [0.15, 0.2) is 0 Å². The average molecular weight is 292 g/mol. The van der Waals surface area contributed by atoms with Crippen molar-refractivity contribution in [1.29, 1.82) is 0 Å². The van der Waals surface area contributed by atoms with Crippen LogP contribution in [0.1, 0.15) is 16.3 Å². The predicted octanol–water partition coefficient (Wildman–Crippen LogP) is 2.56. The Morgan fingerprint density at radius 3 is 2.79 bits per heavy atom. The lowest BCUT2D eigenvalue weighted by molar-refractivity contribution is 0.277. The highest BCUT2D eigenvalue weighted by Gasteiger charge is 2.19. The molecule has 0 spiro atoms. The first kappa shape index (κ1) is 12.5. The molecule has 0 aliphatic rings. The quantitative estimate of drug-likeness (QED) is 0.806. The summed E-state index contributed by atoms with van der Waals surface area (Å²) in [5, 5.41) is 20.4. The van der Waals surface area contributed by atoms with E-state index in [0.29, 0.717) is 5.69 Å². The Morgan fingerprint density at radius 2 is 2.21 bits per heavy atom. The number of hydrogen-bond donors (Lipinski definition) is 1. The molecule has 0 bridgehead atoms. The number of thiazole rings is 1. The van der Waals surface area contributed by atoms with Gasteiger partial charge in [-0.1, -0.05) is 22.6 Å². The van der Waals surface area contributed by atoms with Crippen molar-refractivity contribution in [3.63, 3.8) is 0 Å². The smallest absolute Gasteiger partial charge is 0.212 e. The summed E-state index contributed by atoms with van der Waals surface area (Å²) in [6.07, 6.45) is 0. The zero-order valence-corrected chi connectivity index (χ0v) is 12.1. The SMILES string of the molecule is Cc1nc(-n2nnc(CO)c2-c2cccs2)sc1C. The molecule has 0 unspecified atom stereocenters. The Balaban J connectivity index is 2.19. The normalized spacial score (nSPS) is 11.1. The lowest BCUT2D eigenvalue weighted by atomic mass is 10.3. The van der Waals surface area contributed by atoms with E-state index in [9.17, 15) is 5.11 Å². The molecule has 0 radical (unpaired) electrons. The number of aromatic nitrogens is 4. The molecule has 3 rings (SSSR count). The number of rotatable bonds is 3. The second-order valence-corrected chi connectivity index (χ2v) is 6.20. The maximum Gasteiger partial charge on any atom is 0.212 e. The molecule has 7 heteroatoms. The highest BCUT2D eigenvalue weighted by molar-refractivity contribution is 7.14. The molecule has 0 saturated carbocycles. The number of aryl methyl sites for hydroxylation is 2. The van der Waals surface area contributed by atoms with E-state index in [2.05, 4.69) is 15.3 Å². The van der Waals surface area contributed by atoms with Gasteiger partial charge in [0.1, 0.15) is 11.4 Å². The van der Waals surface area contributed by atoms with Crippen LogP contribution in [0.5, 0.6) is 0 Å². The molecule has 0 aliphatic heterocycles. The van der Waals surface area contributed by atoms with E-state index in [1.54, 1.807) is 27.4 Å². The van der Waals surface area contributed by atoms with Crippen molar-refractivity contribution in [2.75, 3.05) is 0 Å². The topological polar surface area (TPSA) is 63.8 Å². The van der Waals surface area contributed by atoms with Crippen molar-refractivity contribution in [2.45, 2.75) is 20.5 Å². The molecule has 3 heterocycles. The average Bonchev–Trinajstić information content (AvgIpc) is 3.09. The summed E-state index contributed by atoms with van der Waals surface area (Å²) in [4.78, 5) is 6.69. The lowest BCUT2D eigenvalue weighted by Gasteiger charge is -2.01. The fraction of sp³-hybridized carbons (Fsp3) is 0.250. The van der Waals surface area contributed by atoms with E-state index in [0.717, 1.165) is 26.3 Å². The molecule has 3 aromatic heterocycles. The fourth-order valence-corrected chi connectivity index (χ4v) is 3.40. The van der Waals surface area contributed by atoms with Crippen molar-refractivity contribution < 1.29 is 5.11 Å². The van der Waals surface area contributed by atoms with Crippen molar-refractivity contribution in [2.24, 2.45) is 0 Å². The monoisotopic (exact) mass is 292 g/mol. The Hall–Kier alpha value is -1.57. The van der Waals surface area contributed by atoms with Gasteiger partial charge >= 0.3 is 0 Å². The molecule has 0 aromatic carbocycles. The van der Waals surface area contributed by atoms with E-state index in [-0.39, 0.29) is 6.61 Å². The molecule has 0 fully saturated rings. The van der Waals surface area contributed by atoms with E-state index in [1.165, 1.54) is 0 Å². The summed E-state index contributed by atoms with van der Waals surface area (Å²) in [5.41, 5.74) is 2.40. The van der Waals surface area contributed by atoms with Gasteiger partial charge in [-0.25, -0.2) is 4.98 Å². The minimum Gasteiger partial charge on any atom is -0.390 e. The standard InChI is InChI=1S/C12H12N4OS2/c1-7-8(2)19-12(13-7)16-11(9(6-17)14-15-16)10-4-3-5-18-10/h3-5,17H,6H2,1-2H3. The van der Waals surface area contributed by atoms with E-state index >= 15 is 0 Å². The van der Waals surface area contributed by atoms with E-state index < -0.39 is 0 Å². The molecular weight excluding hydrogens is 280 g/mol. The third kappa shape index (κ3) is 2.09. The molecule has 0 atom stereocenters. The van der Waals surface area contributed by atoms with Crippen LogP contribution in [0.2, 0.25) is 0 Å². The second kappa shape index (κ2) is 4.84. The van der Waals surface area contributed by atoms with Gasteiger partial charge in [0.2, 0.25) is 5.13 Å². The Kier molecular flexibility index (Phi) is 3.17. The summed E-state index contributed by atoms with van der Waals surface area (Å²) in [6, 6.07) is 3.96. The van der Waals surface area contributed by atoms with Crippen LogP contribution in [0.3, 0.4) is 0 Å². The number of thiophene rings is 1. The van der Waals surface area contributed by atoms with Gasteiger partial charge in [0.05, 0.1) is 17.2 Å². The van der Waals surface area contributed by atoms with Crippen molar-refractivity contribution in [3.05, 3.63) is 33.8 Å². The molecular formula is C12H12N4OS2. The maximum atomic E-state index is 9.41. The van der Waals surface area contributed by atoms with Gasteiger partial charge in [-0.2, -0.15) is 4.68 Å². The van der Waals surface area contributed by atoms with Gasteiger partial charge < -0.3 is 5.11 Å². The summed E-state index contributed by atoms with van der Waals surface area (Å²) in [6.45, 7) is 3.88. The van der Waals surface area contributed by atoms with E-state index in [4.69, 9.17) is 0 Å². The van der Waals surface area contributed by atoms with Crippen LogP contribution in [-0.2, 0) is 6.61 Å². The van der Waals surface area contributed by atoms with Crippen molar-refractivity contribution >= 4 is 22.7 Å². The summed E-state index contributed by atoms with van der Waals surface area (Å²) in [5.74, 6) is 0. The largest absolute Gasteiger partial charge is 0.390 e. The first-order valence-electron chi connectivity index (χ1n) is 5.74. The van der Waals surface area contributed by atoms with Gasteiger partial charge in [-0.15, -0.1) is 16.4 Å². The van der Waals surface area contributed by atoms with Crippen LogP contribution in [-0.4, -0.2) is 25.1 Å². The molecule has 1 N–H and O–H groups in total. The highest BCUT2D eigenvalue weighted by Crippen LogP contribution is 2.31. The van der Waals surface area contributed by atoms with Crippen LogP contribution < -0.4 is 0 Å². The summed E-state index contributed by atoms with van der Waals surface area (Å²) < 4.78 is 1.71. The molecule has 5 nitrogen and oxygen atoms in total. The zero-order valence-electron chi connectivity index (χ0n) is 10.5. The number of aliphatic hydroxyl groups excluding tert-OH is 1. The second-order valence-electron chi connectivity index (χ2n) is 4.07. The molecule has 0 saturated heterocycles. The Labute approximate surface area is 118 Å². The third-order valence-electron chi connectivity index (χ3n) is 2.84. The molecule has 19 heavy (non-hydrogen) atoms. The van der Waals surface area contributed by atoms with Crippen molar-refractivity contribution in [3.8, 4) is 15.7 Å². The molecule has 0 aliphatic carbocycles. The molecule has 98 valence electrons. The van der Waals surface area contributed by atoms with E-state index in [1.807, 2.05) is 31.4 Å². The van der Waals surface area contributed by atoms with Gasteiger partial charge in [0.25, 0.3) is 0 Å².